The average Bonchev–Trinajstić information content (AvgIpc) is 2.68. The Labute approximate surface area is 156 Å². The van der Waals surface area contributed by atoms with Crippen molar-refractivity contribution in [1.29, 1.82) is 0 Å². The molecule has 0 bridgehead atoms. The largest absolute Gasteiger partial charge is 0.504 e. The molecule has 1 aliphatic heterocycles. The minimum absolute atomic E-state index is 0.132. The SMILES string of the molecule is O=C1CCCC2=C1C(c1ccc(O)c(O)c1)c1c(ccc3ncccc13)N2. The Kier molecular flexibility index (Phi) is 3.44. The van der Waals surface area contributed by atoms with E-state index in [2.05, 4.69) is 10.3 Å². The van der Waals surface area contributed by atoms with Gasteiger partial charge in [0.25, 0.3) is 0 Å². The van der Waals surface area contributed by atoms with Crippen molar-refractivity contribution in [3.8, 4) is 11.5 Å². The van der Waals surface area contributed by atoms with Crippen molar-refractivity contribution in [2.24, 2.45) is 0 Å². The zero-order chi connectivity index (χ0) is 18.5. The van der Waals surface area contributed by atoms with Crippen molar-refractivity contribution < 1.29 is 15.0 Å². The van der Waals surface area contributed by atoms with E-state index in [0.717, 1.165) is 51.8 Å². The van der Waals surface area contributed by atoms with Crippen LogP contribution in [0.15, 0.2) is 59.9 Å². The van der Waals surface area contributed by atoms with Gasteiger partial charge in [-0.05, 0) is 54.3 Å². The first-order valence-electron chi connectivity index (χ1n) is 9.06. The van der Waals surface area contributed by atoms with Crippen LogP contribution in [0.4, 0.5) is 5.69 Å². The summed E-state index contributed by atoms with van der Waals surface area (Å²) in [5.41, 5.74) is 5.31. The van der Waals surface area contributed by atoms with Gasteiger partial charge in [0.1, 0.15) is 0 Å². The molecule has 1 unspecified atom stereocenters. The number of benzene rings is 2. The molecule has 0 radical (unpaired) electrons. The second kappa shape index (κ2) is 5.84. The second-order valence-electron chi connectivity index (χ2n) is 7.07. The summed E-state index contributed by atoms with van der Waals surface area (Å²) in [4.78, 5) is 17.3. The number of aromatic nitrogens is 1. The fourth-order valence-electron chi connectivity index (χ4n) is 4.28. The summed E-state index contributed by atoms with van der Waals surface area (Å²) in [6.45, 7) is 0. The molecule has 0 amide bonds. The molecule has 0 saturated heterocycles. The number of rotatable bonds is 1. The van der Waals surface area contributed by atoms with Crippen LogP contribution in [0.1, 0.15) is 36.3 Å². The fourth-order valence-corrected chi connectivity index (χ4v) is 4.28. The number of nitrogens with one attached hydrogen (secondary N) is 1. The Bertz CT molecular complexity index is 1130. The molecule has 0 spiro atoms. The van der Waals surface area contributed by atoms with E-state index in [4.69, 9.17) is 0 Å². The maximum atomic E-state index is 12.9. The summed E-state index contributed by atoms with van der Waals surface area (Å²) >= 11 is 0. The third-order valence-corrected chi connectivity index (χ3v) is 5.48. The number of aromatic hydroxyl groups is 2. The van der Waals surface area contributed by atoms with Crippen molar-refractivity contribution in [3.63, 3.8) is 0 Å². The number of phenolic OH excluding ortho intramolecular Hbond substituents is 2. The summed E-state index contributed by atoms with van der Waals surface area (Å²) in [6, 6.07) is 12.7. The van der Waals surface area contributed by atoms with Gasteiger partial charge in [-0.25, -0.2) is 0 Å². The van der Waals surface area contributed by atoms with Crippen LogP contribution in [0.2, 0.25) is 0 Å². The highest BCUT2D eigenvalue weighted by Gasteiger charge is 2.36. The molecule has 134 valence electrons. The number of hydrogen-bond acceptors (Lipinski definition) is 5. The number of anilines is 1. The lowest BCUT2D eigenvalue weighted by atomic mass is 9.74. The number of allylic oxidation sites excluding steroid dienone is 2. The number of phenols is 2. The van der Waals surface area contributed by atoms with E-state index < -0.39 is 0 Å². The smallest absolute Gasteiger partial charge is 0.161 e. The molecule has 27 heavy (non-hydrogen) atoms. The molecule has 2 heterocycles. The van der Waals surface area contributed by atoms with E-state index in [1.54, 1.807) is 18.3 Å². The maximum Gasteiger partial charge on any atom is 0.161 e. The first kappa shape index (κ1) is 15.9. The summed E-state index contributed by atoms with van der Waals surface area (Å²) < 4.78 is 0. The van der Waals surface area contributed by atoms with Gasteiger partial charge >= 0.3 is 0 Å². The molecule has 0 fully saturated rings. The normalized spacial score (nSPS) is 18.8. The van der Waals surface area contributed by atoms with Crippen LogP contribution in [0.5, 0.6) is 11.5 Å². The molecule has 5 heteroatoms. The van der Waals surface area contributed by atoms with E-state index in [-0.39, 0.29) is 23.2 Å². The molecular formula is C22H18N2O3. The molecule has 3 aromatic rings. The molecule has 2 aliphatic rings. The van der Waals surface area contributed by atoms with Crippen molar-refractivity contribution in [3.05, 3.63) is 71.1 Å². The Balaban J connectivity index is 1.84. The Morgan fingerprint density at radius 2 is 1.93 bits per heavy atom. The second-order valence-corrected chi connectivity index (χ2v) is 7.07. The molecule has 2 aromatic carbocycles. The van der Waals surface area contributed by atoms with Gasteiger partial charge in [0.05, 0.1) is 5.52 Å². The van der Waals surface area contributed by atoms with Crippen LogP contribution in [0.25, 0.3) is 10.9 Å². The van der Waals surface area contributed by atoms with Gasteiger partial charge < -0.3 is 15.5 Å². The molecule has 1 aliphatic carbocycles. The molecule has 5 rings (SSSR count). The van der Waals surface area contributed by atoms with Crippen LogP contribution in [0, 0.1) is 0 Å². The third-order valence-electron chi connectivity index (χ3n) is 5.48. The topological polar surface area (TPSA) is 82.5 Å². The summed E-state index contributed by atoms with van der Waals surface area (Å²) in [5, 5.41) is 24.3. The lowest BCUT2D eigenvalue weighted by molar-refractivity contribution is -0.116. The quantitative estimate of drug-likeness (QED) is 0.568. The predicted molar refractivity (Wildman–Crippen MR) is 103 cm³/mol. The lowest BCUT2D eigenvalue weighted by Gasteiger charge is -2.34. The number of ketones is 1. The summed E-state index contributed by atoms with van der Waals surface area (Å²) in [6.07, 6.45) is 3.94. The van der Waals surface area contributed by atoms with Gasteiger partial charge in [-0.3, -0.25) is 9.78 Å². The van der Waals surface area contributed by atoms with Gasteiger partial charge in [-0.2, -0.15) is 0 Å². The monoisotopic (exact) mass is 358 g/mol. The zero-order valence-electron chi connectivity index (χ0n) is 14.6. The van der Waals surface area contributed by atoms with Gasteiger partial charge in [0, 0.05) is 40.9 Å². The number of carbonyl (C=O) groups is 1. The van der Waals surface area contributed by atoms with E-state index in [1.165, 1.54) is 6.07 Å². The number of pyridine rings is 1. The highest BCUT2D eigenvalue weighted by atomic mass is 16.3. The van der Waals surface area contributed by atoms with E-state index >= 15 is 0 Å². The van der Waals surface area contributed by atoms with Crippen LogP contribution >= 0.6 is 0 Å². The Morgan fingerprint density at radius 3 is 2.78 bits per heavy atom. The van der Waals surface area contributed by atoms with Crippen LogP contribution in [0.3, 0.4) is 0 Å². The first-order valence-corrected chi connectivity index (χ1v) is 9.06. The Hall–Kier alpha value is -3.34. The first-order chi connectivity index (χ1) is 13.1. The predicted octanol–water partition coefficient (Wildman–Crippen LogP) is 4.21. The van der Waals surface area contributed by atoms with Crippen LogP contribution in [-0.4, -0.2) is 21.0 Å². The van der Waals surface area contributed by atoms with Crippen LogP contribution in [-0.2, 0) is 4.79 Å². The molecular weight excluding hydrogens is 340 g/mol. The average molecular weight is 358 g/mol. The van der Waals surface area contributed by atoms with E-state index in [9.17, 15) is 15.0 Å². The minimum atomic E-state index is -0.302. The van der Waals surface area contributed by atoms with Crippen molar-refractivity contribution in [2.45, 2.75) is 25.2 Å². The van der Waals surface area contributed by atoms with Crippen molar-refractivity contribution in [1.82, 2.24) is 4.98 Å². The van der Waals surface area contributed by atoms with Gasteiger partial charge in [0.15, 0.2) is 17.3 Å². The molecule has 5 nitrogen and oxygen atoms in total. The number of carbonyl (C=O) groups excluding carboxylic acids is 1. The maximum absolute atomic E-state index is 12.9. The highest BCUT2D eigenvalue weighted by molar-refractivity contribution is 6.03. The fraction of sp³-hybridized carbons (Fsp3) is 0.182. The highest BCUT2D eigenvalue weighted by Crippen LogP contribution is 2.48. The summed E-state index contributed by atoms with van der Waals surface area (Å²) in [5.74, 6) is -0.524. The van der Waals surface area contributed by atoms with E-state index in [1.807, 2.05) is 24.3 Å². The van der Waals surface area contributed by atoms with Crippen LogP contribution < -0.4 is 5.32 Å². The van der Waals surface area contributed by atoms with E-state index in [0.29, 0.717) is 6.42 Å². The molecule has 3 N–H and O–H groups in total. The minimum Gasteiger partial charge on any atom is -0.504 e. The zero-order valence-corrected chi connectivity index (χ0v) is 14.6. The van der Waals surface area contributed by atoms with Gasteiger partial charge in [0.2, 0.25) is 0 Å². The number of Topliss-reactive ketones (excluding diaryl/α,β-unsaturated/α-hetero) is 1. The molecule has 0 saturated carbocycles. The van der Waals surface area contributed by atoms with Gasteiger partial charge in [-0.1, -0.05) is 12.1 Å². The third kappa shape index (κ3) is 2.39. The van der Waals surface area contributed by atoms with Crippen molar-refractivity contribution in [2.75, 3.05) is 5.32 Å². The number of hydrogen-bond donors (Lipinski definition) is 3. The van der Waals surface area contributed by atoms with Crippen molar-refractivity contribution >= 4 is 22.4 Å². The Morgan fingerprint density at radius 1 is 1.04 bits per heavy atom. The van der Waals surface area contributed by atoms with Gasteiger partial charge in [-0.15, -0.1) is 0 Å². The number of fused-ring (bicyclic) bond motifs is 3. The summed E-state index contributed by atoms with van der Waals surface area (Å²) in [7, 11) is 0. The lowest BCUT2D eigenvalue weighted by Crippen LogP contribution is -2.27. The molecule has 1 atom stereocenters. The number of nitrogens with zero attached hydrogens (tertiary/aromatic N) is 1. The molecule has 1 aromatic heterocycles. The standard InChI is InChI=1S/C22H18N2O3/c25-17-9-6-12(11-19(17)27)20-21-13-3-2-10-23-14(13)7-8-16(21)24-15-4-1-5-18(26)22(15)20/h2-3,6-11,20,24-25,27H,1,4-5H2.